The van der Waals surface area contributed by atoms with E-state index in [9.17, 15) is 31.1 Å². The molecule has 33 heavy (non-hydrogen) atoms. The van der Waals surface area contributed by atoms with E-state index in [1.165, 1.54) is 0 Å². The maximum absolute atomic E-state index is 13.4. The van der Waals surface area contributed by atoms with Gasteiger partial charge in [-0.15, -0.1) is 0 Å². The molecular weight excluding hydrogens is 628 g/mol. The molecule has 1 aromatic carbocycles. The van der Waals surface area contributed by atoms with E-state index >= 15 is 0 Å². The Labute approximate surface area is 202 Å². The number of ether oxygens (including phenoxy) is 1. The van der Waals surface area contributed by atoms with Gasteiger partial charge in [0.2, 0.25) is 0 Å². The summed E-state index contributed by atoms with van der Waals surface area (Å²) in [5.74, 6) is -1.35. The van der Waals surface area contributed by atoms with Gasteiger partial charge in [-0.05, 0) is 41.8 Å². The van der Waals surface area contributed by atoms with Crippen LogP contribution in [0.1, 0.15) is 37.0 Å². The average molecular weight is 654 g/mol. The molecule has 13 heteroatoms. The number of hydrogen-bond donors (Lipinski definition) is 2. The Hall–Kier alpha value is -1.36. The molecule has 2 aliphatic rings. The summed E-state index contributed by atoms with van der Waals surface area (Å²) in [5, 5.41) is 11.7. The molecule has 2 fully saturated rings. The molecule has 3 rings (SSSR count). The number of rotatable bonds is 6. The van der Waals surface area contributed by atoms with E-state index < -0.39 is 30.1 Å². The third-order valence-electron chi connectivity index (χ3n) is 5.38. The number of aliphatic hydroxyl groups excluding tert-OH is 1. The summed E-state index contributed by atoms with van der Waals surface area (Å²) in [7, 11) is 0. The topological polar surface area (TPSA) is 85.6 Å². The summed E-state index contributed by atoms with van der Waals surface area (Å²) in [4.78, 5) is 14.0. The summed E-state index contributed by atoms with van der Waals surface area (Å²) >= 11 is 0. The van der Waals surface area contributed by atoms with Gasteiger partial charge in [0.05, 0.1) is 6.73 Å². The van der Waals surface area contributed by atoms with Gasteiger partial charge in [-0.2, -0.15) is 22.0 Å². The molecule has 0 bridgehead atoms. The Morgan fingerprint density at radius 1 is 1.27 bits per heavy atom. The van der Waals surface area contributed by atoms with Crippen molar-refractivity contribution in [2.45, 2.75) is 45.0 Å². The molecule has 1 saturated heterocycles. The van der Waals surface area contributed by atoms with Crippen LogP contribution in [0.3, 0.4) is 0 Å². The standard InChI is InChI=1S/C16H19F3N2O3.C4H7F3N.W/c17-12-1-11(2-13(3-12)24-15(18)19)14(23)20-6-10-4-16(5-10)7-21(8-16)9-22;1-3(2,8)4(5,6)7;/h1-3,10,15,22H,4-9H2,(H,20,23);8H,1-2H3;/q;-1;. The van der Waals surface area contributed by atoms with E-state index in [0.29, 0.717) is 12.5 Å². The number of alkyl halides is 5. The normalized spacial score (nSPS) is 17.9. The Morgan fingerprint density at radius 2 is 1.82 bits per heavy atom. The quantitative estimate of drug-likeness (QED) is 0.451. The summed E-state index contributed by atoms with van der Waals surface area (Å²) in [6, 6.07) is 2.89. The first-order valence-electron chi connectivity index (χ1n) is 9.83. The number of hydrogen-bond acceptors (Lipinski definition) is 4. The molecule has 1 amide bonds. The molecule has 0 aromatic heterocycles. The molecule has 1 aliphatic carbocycles. The van der Waals surface area contributed by atoms with E-state index in [-0.39, 0.29) is 44.5 Å². The van der Waals surface area contributed by atoms with Crippen LogP contribution in [0.25, 0.3) is 5.73 Å². The Morgan fingerprint density at radius 3 is 2.27 bits per heavy atom. The second-order valence-corrected chi connectivity index (χ2v) is 8.79. The molecule has 0 radical (unpaired) electrons. The molecule has 0 atom stereocenters. The fourth-order valence-electron chi connectivity index (χ4n) is 3.77. The van der Waals surface area contributed by atoms with Crippen molar-refractivity contribution in [3.8, 4) is 5.75 Å². The summed E-state index contributed by atoms with van der Waals surface area (Å²) < 4.78 is 76.1. The Balaban J connectivity index is 0.000000523. The largest absolute Gasteiger partial charge is 0.665 e. The Kier molecular flexibility index (Phi) is 10.2. The molecule has 1 heterocycles. The smallest absolute Gasteiger partial charge is 0.387 e. The van der Waals surface area contributed by atoms with Crippen LogP contribution in [0, 0.1) is 17.2 Å². The van der Waals surface area contributed by atoms with Gasteiger partial charge in [0.15, 0.2) is 0 Å². The number of benzene rings is 1. The molecule has 1 saturated carbocycles. The minimum atomic E-state index is -4.40. The number of aliphatic hydroxyl groups is 1. The van der Waals surface area contributed by atoms with Crippen molar-refractivity contribution < 1.29 is 62.0 Å². The predicted octanol–water partition coefficient (Wildman–Crippen LogP) is 4.20. The summed E-state index contributed by atoms with van der Waals surface area (Å²) in [5.41, 5.74) is 4.37. The number of amides is 1. The maximum Gasteiger partial charge on any atom is 0.387 e. The van der Waals surface area contributed by atoms with E-state index in [0.717, 1.165) is 58.0 Å². The van der Waals surface area contributed by atoms with Gasteiger partial charge in [0.1, 0.15) is 11.6 Å². The van der Waals surface area contributed by atoms with Crippen LogP contribution < -0.4 is 10.1 Å². The Bertz CT molecular complexity index is 778. The number of nitrogens with zero attached hydrogens (tertiary/aromatic N) is 1. The predicted molar refractivity (Wildman–Crippen MR) is 104 cm³/mol. The molecule has 188 valence electrons. The van der Waals surface area contributed by atoms with Crippen molar-refractivity contribution in [2.75, 3.05) is 26.4 Å². The summed E-state index contributed by atoms with van der Waals surface area (Å²) in [6.07, 6.45) is -2.44. The third-order valence-corrected chi connectivity index (χ3v) is 5.38. The molecule has 1 aromatic rings. The van der Waals surface area contributed by atoms with Gasteiger partial charge in [-0.25, -0.2) is 4.39 Å². The van der Waals surface area contributed by atoms with Crippen molar-refractivity contribution in [1.82, 2.24) is 10.2 Å². The van der Waals surface area contributed by atoms with E-state index in [4.69, 9.17) is 10.8 Å². The van der Waals surface area contributed by atoms with Crippen LogP contribution in [0.5, 0.6) is 5.75 Å². The molecule has 1 aliphatic heterocycles. The number of nitrogens with one attached hydrogen (secondary N) is 2. The second-order valence-electron chi connectivity index (χ2n) is 8.79. The minimum Gasteiger partial charge on any atom is -0.665 e. The van der Waals surface area contributed by atoms with Crippen LogP contribution in [0.2, 0.25) is 0 Å². The molecule has 6 nitrogen and oxygen atoms in total. The fraction of sp³-hybridized carbons (Fsp3) is 0.650. The zero-order chi connectivity index (χ0) is 24.3. The van der Waals surface area contributed by atoms with Crippen LogP contribution in [0.4, 0.5) is 26.3 Å². The van der Waals surface area contributed by atoms with Crippen LogP contribution in [-0.4, -0.2) is 60.6 Å². The number of carbonyl (C=O) groups excluding carboxylic acids is 1. The first-order valence-corrected chi connectivity index (χ1v) is 9.83. The number of carbonyl (C=O) groups is 1. The minimum absolute atomic E-state index is 0. The van der Waals surface area contributed by atoms with E-state index in [2.05, 4.69) is 10.1 Å². The van der Waals surface area contributed by atoms with Crippen molar-refractivity contribution in [3.63, 3.8) is 0 Å². The third kappa shape index (κ3) is 8.42. The van der Waals surface area contributed by atoms with Gasteiger partial charge < -0.3 is 20.9 Å². The second kappa shape index (κ2) is 11.4. The van der Waals surface area contributed by atoms with E-state index in [1.54, 1.807) is 0 Å². The SMILES string of the molecule is CC(C)([NH-])C(F)(F)F.O=C(NCC1CC2(C1)CN(CO)C2)c1cc(F)cc(OC(F)F)c1.[W]. The number of halogens is 6. The van der Waals surface area contributed by atoms with Crippen LogP contribution >= 0.6 is 0 Å². The van der Waals surface area contributed by atoms with E-state index in [1.807, 2.05) is 4.90 Å². The first-order chi connectivity index (χ1) is 14.6. The summed E-state index contributed by atoms with van der Waals surface area (Å²) in [6.45, 7) is 0.848. The molecule has 1 spiro atoms. The molecule has 3 N–H and O–H groups in total. The van der Waals surface area contributed by atoms with Gasteiger partial charge in [-0.1, -0.05) is 13.8 Å². The average Bonchev–Trinajstić information content (AvgIpc) is 2.56. The van der Waals surface area contributed by atoms with Gasteiger partial charge >= 0.3 is 12.8 Å². The monoisotopic (exact) mass is 654 g/mol. The van der Waals surface area contributed by atoms with Crippen molar-refractivity contribution in [1.29, 1.82) is 0 Å². The molecular formula is C20H26F6N3O3W-. The van der Waals surface area contributed by atoms with Gasteiger partial charge in [-0.3, -0.25) is 9.69 Å². The maximum atomic E-state index is 13.4. The van der Waals surface area contributed by atoms with Gasteiger partial charge in [0.25, 0.3) is 5.91 Å². The van der Waals surface area contributed by atoms with Crippen molar-refractivity contribution in [3.05, 3.63) is 35.3 Å². The van der Waals surface area contributed by atoms with Crippen LogP contribution in [-0.2, 0) is 21.1 Å². The fourth-order valence-corrected chi connectivity index (χ4v) is 3.77. The van der Waals surface area contributed by atoms with Crippen molar-refractivity contribution in [2.24, 2.45) is 11.3 Å². The van der Waals surface area contributed by atoms with Crippen molar-refractivity contribution >= 4 is 5.91 Å². The molecule has 0 unspecified atom stereocenters. The first kappa shape index (κ1) is 29.7. The van der Waals surface area contributed by atoms with Crippen LogP contribution in [0.15, 0.2) is 18.2 Å². The van der Waals surface area contributed by atoms with Gasteiger partial charge in [0, 0.05) is 52.3 Å². The zero-order valence-corrected chi connectivity index (χ0v) is 20.9. The zero-order valence-electron chi connectivity index (χ0n) is 18.0. The number of likely N-dealkylation sites (tertiary alicyclic amines) is 1.